The molecule has 1 aromatic carbocycles. The van der Waals surface area contributed by atoms with E-state index >= 15 is 0 Å². The Hall–Kier alpha value is -3.39. The van der Waals surface area contributed by atoms with Gasteiger partial charge in [-0.05, 0) is 30.3 Å². The van der Waals surface area contributed by atoms with Crippen molar-refractivity contribution >= 4 is 33.1 Å². The molecule has 1 amide bonds. The Kier molecular flexibility index (Phi) is 3.98. The lowest BCUT2D eigenvalue weighted by atomic mass is 10.2. The molecule has 1 N–H and O–H groups in total. The number of benzene rings is 1. The number of para-hydroxylation sites is 2. The highest BCUT2D eigenvalue weighted by molar-refractivity contribution is 7.20. The van der Waals surface area contributed by atoms with Crippen molar-refractivity contribution in [3.63, 3.8) is 0 Å². The van der Waals surface area contributed by atoms with E-state index in [0.717, 1.165) is 0 Å². The highest BCUT2D eigenvalue weighted by Gasteiger charge is 2.22. The third-order valence-electron chi connectivity index (χ3n) is 4.50. The number of rotatable bonds is 3. The SMILES string of the molecule is O=C(NCC1COc2ccccc2O1)c1cc2c(=O)n3ccccc3nc2s1. The molecule has 4 heterocycles. The van der Waals surface area contributed by atoms with Gasteiger partial charge in [-0.1, -0.05) is 18.2 Å². The van der Waals surface area contributed by atoms with Crippen molar-refractivity contribution in [1.82, 2.24) is 14.7 Å². The van der Waals surface area contributed by atoms with E-state index in [2.05, 4.69) is 10.3 Å². The summed E-state index contributed by atoms with van der Waals surface area (Å²) < 4.78 is 13.0. The van der Waals surface area contributed by atoms with Crippen LogP contribution in [0, 0.1) is 0 Å². The number of carbonyl (C=O) groups is 1. The fourth-order valence-corrected chi connectivity index (χ4v) is 4.06. The van der Waals surface area contributed by atoms with E-state index in [-0.39, 0.29) is 17.6 Å². The summed E-state index contributed by atoms with van der Waals surface area (Å²) in [6, 6.07) is 14.4. The zero-order chi connectivity index (χ0) is 19.1. The Morgan fingerprint density at radius 3 is 2.93 bits per heavy atom. The minimum absolute atomic E-state index is 0.184. The lowest BCUT2D eigenvalue weighted by Gasteiger charge is -2.26. The number of fused-ring (bicyclic) bond motifs is 3. The van der Waals surface area contributed by atoms with Gasteiger partial charge in [0.1, 0.15) is 23.2 Å². The highest BCUT2D eigenvalue weighted by Crippen LogP contribution is 2.30. The van der Waals surface area contributed by atoms with Crippen LogP contribution in [0.2, 0.25) is 0 Å². The van der Waals surface area contributed by atoms with Gasteiger partial charge >= 0.3 is 0 Å². The maximum Gasteiger partial charge on any atom is 0.266 e. The second-order valence-corrected chi connectivity index (χ2v) is 7.41. The number of nitrogens with one attached hydrogen (secondary N) is 1. The van der Waals surface area contributed by atoms with Crippen molar-refractivity contribution in [2.24, 2.45) is 0 Å². The molecule has 0 saturated carbocycles. The van der Waals surface area contributed by atoms with Gasteiger partial charge < -0.3 is 14.8 Å². The Morgan fingerprint density at radius 2 is 2.04 bits per heavy atom. The molecule has 3 aromatic heterocycles. The van der Waals surface area contributed by atoms with Gasteiger partial charge in [0.25, 0.3) is 11.5 Å². The van der Waals surface area contributed by atoms with E-state index in [1.54, 1.807) is 24.4 Å². The zero-order valence-corrected chi connectivity index (χ0v) is 15.4. The summed E-state index contributed by atoms with van der Waals surface area (Å²) >= 11 is 1.20. The number of pyridine rings is 1. The molecule has 0 saturated heterocycles. The number of ether oxygens (including phenoxy) is 2. The van der Waals surface area contributed by atoms with Crippen LogP contribution in [0.1, 0.15) is 9.67 Å². The molecule has 5 rings (SSSR count). The molecular weight excluding hydrogens is 378 g/mol. The molecule has 0 spiro atoms. The van der Waals surface area contributed by atoms with Gasteiger partial charge in [0.15, 0.2) is 11.5 Å². The fraction of sp³-hybridized carbons (Fsp3) is 0.150. The molecule has 1 aliphatic rings. The molecule has 1 aliphatic heterocycles. The van der Waals surface area contributed by atoms with Crippen LogP contribution in [0.15, 0.2) is 59.5 Å². The number of carbonyl (C=O) groups excluding carboxylic acids is 1. The third kappa shape index (κ3) is 2.87. The summed E-state index contributed by atoms with van der Waals surface area (Å²) in [7, 11) is 0. The first-order chi connectivity index (χ1) is 13.7. The molecule has 4 aromatic rings. The first-order valence-corrected chi connectivity index (χ1v) is 9.58. The molecule has 1 atom stereocenters. The first kappa shape index (κ1) is 16.8. The van der Waals surface area contributed by atoms with E-state index in [0.29, 0.717) is 45.4 Å². The lowest BCUT2D eigenvalue weighted by molar-refractivity contribution is 0.0791. The lowest BCUT2D eigenvalue weighted by Crippen LogP contribution is -2.40. The minimum atomic E-state index is -0.278. The number of aromatic nitrogens is 2. The molecule has 0 bridgehead atoms. The molecular formula is C20H15N3O4S. The van der Waals surface area contributed by atoms with Crippen LogP contribution in [0.4, 0.5) is 0 Å². The Labute approximate surface area is 163 Å². The average Bonchev–Trinajstić information content (AvgIpc) is 3.16. The summed E-state index contributed by atoms with van der Waals surface area (Å²) in [6.45, 7) is 0.661. The monoisotopic (exact) mass is 393 g/mol. The first-order valence-electron chi connectivity index (χ1n) is 8.77. The standard InChI is InChI=1S/C20H15N3O4S/c24-18(21-10-12-11-26-14-5-1-2-6-15(14)27-12)16-9-13-19(28-16)22-17-7-3-4-8-23(17)20(13)25/h1-9,12H,10-11H2,(H,21,24). The predicted molar refractivity (Wildman–Crippen MR) is 106 cm³/mol. The van der Waals surface area contributed by atoms with E-state index in [9.17, 15) is 9.59 Å². The van der Waals surface area contributed by atoms with Crippen LogP contribution >= 0.6 is 11.3 Å². The smallest absolute Gasteiger partial charge is 0.266 e. The van der Waals surface area contributed by atoms with E-state index in [4.69, 9.17) is 9.47 Å². The van der Waals surface area contributed by atoms with Crippen LogP contribution in [-0.4, -0.2) is 34.5 Å². The molecule has 140 valence electrons. The van der Waals surface area contributed by atoms with Crippen LogP contribution in [0.5, 0.6) is 11.5 Å². The average molecular weight is 393 g/mol. The van der Waals surface area contributed by atoms with Gasteiger partial charge in [-0.25, -0.2) is 4.98 Å². The van der Waals surface area contributed by atoms with Crippen molar-refractivity contribution in [2.45, 2.75) is 6.10 Å². The van der Waals surface area contributed by atoms with Crippen molar-refractivity contribution in [3.8, 4) is 11.5 Å². The Bertz CT molecular complexity index is 1260. The summed E-state index contributed by atoms with van der Waals surface area (Å²) in [4.78, 5) is 30.6. The van der Waals surface area contributed by atoms with Gasteiger partial charge in [0, 0.05) is 6.20 Å². The minimum Gasteiger partial charge on any atom is -0.486 e. The van der Waals surface area contributed by atoms with Crippen molar-refractivity contribution in [3.05, 3.63) is 70.0 Å². The number of thiophene rings is 1. The van der Waals surface area contributed by atoms with Crippen LogP contribution in [-0.2, 0) is 0 Å². The van der Waals surface area contributed by atoms with Gasteiger partial charge in [-0.2, -0.15) is 0 Å². The third-order valence-corrected chi connectivity index (χ3v) is 5.53. The predicted octanol–water partition coefficient (Wildman–Crippen LogP) is 2.48. The van der Waals surface area contributed by atoms with E-state index in [1.807, 2.05) is 30.3 Å². The van der Waals surface area contributed by atoms with Crippen molar-refractivity contribution in [2.75, 3.05) is 13.2 Å². The quantitative estimate of drug-likeness (QED) is 0.578. The largest absolute Gasteiger partial charge is 0.486 e. The van der Waals surface area contributed by atoms with Crippen LogP contribution < -0.4 is 20.3 Å². The second kappa shape index (κ2) is 6.65. The normalized spacial score (nSPS) is 15.6. The van der Waals surface area contributed by atoms with E-state index < -0.39 is 0 Å². The number of hydrogen-bond acceptors (Lipinski definition) is 6. The van der Waals surface area contributed by atoms with Crippen molar-refractivity contribution < 1.29 is 14.3 Å². The van der Waals surface area contributed by atoms with E-state index in [1.165, 1.54) is 15.7 Å². The molecule has 0 aliphatic carbocycles. The number of amides is 1. The van der Waals surface area contributed by atoms with Gasteiger partial charge in [-0.15, -0.1) is 11.3 Å². The van der Waals surface area contributed by atoms with Gasteiger partial charge in [-0.3, -0.25) is 14.0 Å². The number of hydrogen-bond donors (Lipinski definition) is 1. The highest BCUT2D eigenvalue weighted by atomic mass is 32.1. The van der Waals surface area contributed by atoms with Gasteiger partial charge in [0.2, 0.25) is 0 Å². The second-order valence-electron chi connectivity index (χ2n) is 6.38. The molecule has 7 nitrogen and oxygen atoms in total. The topological polar surface area (TPSA) is 81.9 Å². The van der Waals surface area contributed by atoms with Crippen molar-refractivity contribution in [1.29, 1.82) is 0 Å². The molecule has 0 fully saturated rings. The van der Waals surface area contributed by atoms with Gasteiger partial charge in [0.05, 0.1) is 16.8 Å². The number of nitrogens with zero attached hydrogens (tertiary/aromatic N) is 2. The maximum atomic E-state index is 12.6. The Balaban J connectivity index is 1.34. The Morgan fingerprint density at radius 1 is 1.21 bits per heavy atom. The summed E-state index contributed by atoms with van der Waals surface area (Å²) in [5.74, 6) is 1.10. The molecule has 28 heavy (non-hydrogen) atoms. The van der Waals surface area contributed by atoms with Crippen LogP contribution in [0.3, 0.4) is 0 Å². The molecule has 1 unspecified atom stereocenters. The van der Waals surface area contributed by atoms with Crippen LogP contribution in [0.25, 0.3) is 15.9 Å². The molecule has 8 heteroatoms. The summed E-state index contributed by atoms with van der Waals surface area (Å²) in [5, 5.41) is 3.29. The summed E-state index contributed by atoms with van der Waals surface area (Å²) in [5.41, 5.74) is 0.372. The molecule has 0 radical (unpaired) electrons. The fourth-order valence-electron chi connectivity index (χ4n) is 3.12. The summed E-state index contributed by atoms with van der Waals surface area (Å²) in [6.07, 6.45) is 1.39. The maximum absolute atomic E-state index is 12.6. The zero-order valence-electron chi connectivity index (χ0n) is 14.6.